The van der Waals surface area contributed by atoms with Gasteiger partial charge in [0.1, 0.15) is 0 Å². The average molecular weight is 318 g/mol. The van der Waals surface area contributed by atoms with E-state index in [1.165, 1.54) is 11.4 Å². The molecule has 0 heterocycles. The maximum Gasteiger partial charge on any atom is 0.0581 e. The van der Waals surface area contributed by atoms with Crippen molar-refractivity contribution in [2.45, 2.75) is 19.4 Å². The third-order valence-electron chi connectivity index (χ3n) is 3.81. The van der Waals surface area contributed by atoms with E-state index in [1.54, 1.807) is 0 Å². The molecular formula is C22H26N2. The van der Waals surface area contributed by atoms with E-state index >= 15 is 0 Å². The fraction of sp³-hybridized carbons (Fsp3) is 0.182. The number of hydrogen-bond acceptors (Lipinski definition) is 2. The zero-order chi connectivity index (χ0) is 17.2. The van der Waals surface area contributed by atoms with Crippen LogP contribution in [0, 0.1) is 0 Å². The highest BCUT2D eigenvalue weighted by Gasteiger charge is 2.20. The van der Waals surface area contributed by atoms with Crippen molar-refractivity contribution in [2.75, 3.05) is 11.4 Å². The Morgan fingerprint density at radius 3 is 2.04 bits per heavy atom. The van der Waals surface area contributed by atoms with Crippen molar-refractivity contribution in [3.8, 4) is 0 Å². The summed E-state index contributed by atoms with van der Waals surface area (Å²) in [5.41, 5.74) is 3.48. The predicted octanol–water partition coefficient (Wildman–Crippen LogP) is 5.45. The molecule has 2 aromatic carbocycles. The molecule has 2 rings (SSSR count). The Morgan fingerprint density at radius 2 is 1.58 bits per heavy atom. The van der Waals surface area contributed by atoms with E-state index in [0.29, 0.717) is 0 Å². The molecule has 1 atom stereocenters. The van der Waals surface area contributed by atoms with Gasteiger partial charge in [-0.3, -0.25) is 0 Å². The van der Waals surface area contributed by atoms with Crippen molar-refractivity contribution < 1.29 is 0 Å². The van der Waals surface area contributed by atoms with Crippen LogP contribution in [-0.4, -0.2) is 12.6 Å². The van der Waals surface area contributed by atoms with Crippen LogP contribution in [0.15, 0.2) is 97.7 Å². The van der Waals surface area contributed by atoms with Crippen molar-refractivity contribution >= 4 is 11.4 Å². The molecular weight excluding hydrogens is 292 g/mol. The lowest BCUT2D eigenvalue weighted by Gasteiger charge is -2.34. The van der Waals surface area contributed by atoms with Gasteiger partial charge >= 0.3 is 0 Å². The molecule has 0 fully saturated rings. The number of benzene rings is 2. The van der Waals surface area contributed by atoms with E-state index in [-0.39, 0.29) is 6.04 Å². The number of hydrogen-bond donors (Lipinski definition) is 1. The molecule has 2 heteroatoms. The normalized spacial score (nSPS) is 11.9. The number of nitrogens with one attached hydrogen (secondary N) is 1. The lowest BCUT2D eigenvalue weighted by atomic mass is 10.0. The minimum atomic E-state index is 0.191. The second kappa shape index (κ2) is 9.41. The Hall–Kier alpha value is -2.74. The van der Waals surface area contributed by atoms with E-state index < -0.39 is 0 Å². The summed E-state index contributed by atoms with van der Waals surface area (Å²) in [6, 6.07) is 21.1. The average Bonchev–Trinajstić information content (AvgIpc) is 2.62. The van der Waals surface area contributed by atoms with Crippen LogP contribution in [0.2, 0.25) is 0 Å². The molecule has 0 bridgehead atoms. The summed E-state index contributed by atoms with van der Waals surface area (Å²) < 4.78 is 0. The summed E-state index contributed by atoms with van der Waals surface area (Å²) in [6.45, 7) is 10.8. The second-order valence-electron chi connectivity index (χ2n) is 5.74. The van der Waals surface area contributed by atoms with Gasteiger partial charge in [0.05, 0.1) is 6.04 Å². The van der Waals surface area contributed by atoms with Gasteiger partial charge in [-0.25, -0.2) is 0 Å². The highest BCUT2D eigenvalue weighted by molar-refractivity contribution is 5.65. The van der Waals surface area contributed by atoms with E-state index in [2.05, 4.69) is 84.9 Å². The minimum absolute atomic E-state index is 0.191. The first-order valence-corrected chi connectivity index (χ1v) is 8.28. The van der Waals surface area contributed by atoms with Crippen LogP contribution in [0.4, 0.5) is 11.4 Å². The molecule has 2 aromatic rings. The summed E-state index contributed by atoms with van der Waals surface area (Å²) in [4.78, 5) is 2.35. The molecule has 0 radical (unpaired) electrons. The van der Waals surface area contributed by atoms with Crippen LogP contribution >= 0.6 is 0 Å². The molecule has 0 aliphatic rings. The first kappa shape index (κ1) is 17.6. The molecule has 0 aliphatic carbocycles. The molecule has 0 spiro atoms. The van der Waals surface area contributed by atoms with E-state index in [1.807, 2.05) is 24.4 Å². The van der Waals surface area contributed by atoms with Crippen molar-refractivity contribution in [1.29, 1.82) is 0 Å². The summed E-state index contributed by atoms with van der Waals surface area (Å²) in [7, 11) is 0. The highest BCUT2D eigenvalue weighted by Crippen LogP contribution is 2.31. The molecule has 1 unspecified atom stereocenters. The summed E-state index contributed by atoms with van der Waals surface area (Å²) >= 11 is 0. The smallest absolute Gasteiger partial charge is 0.0581 e. The van der Waals surface area contributed by atoms with Gasteiger partial charge in [0.15, 0.2) is 0 Å². The number of nitrogens with zero attached hydrogens (tertiary/aromatic N) is 1. The van der Waals surface area contributed by atoms with E-state index in [0.717, 1.165) is 18.5 Å². The fourth-order valence-electron chi connectivity index (χ4n) is 2.64. The number of anilines is 2. The second-order valence-corrected chi connectivity index (χ2v) is 5.74. The molecule has 1 N–H and O–H groups in total. The molecule has 0 saturated carbocycles. The van der Waals surface area contributed by atoms with Crippen LogP contribution in [0.3, 0.4) is 0 Å². The van der Waals surface area contributed by atoms with E-state index in [9.17, 15) is 0 Å². The van der Waals surface area contributed by atoms with Crippen LogP contribution in [-0.2, 0) is 0 Å². The molecule has 24 heavy (non-hydrogen) atoms. The molecule has 2 nitrogen and oxygen atoms in total. The maximum absolute atomic E-state index is 4.23. The molecule has 0 aliphatic heterocycles. The van der Waals surface area contributed by atoms with Gasteiger partial charge < -0.3 is 10.2 Å². The molecule has 0 amide bonds. The van der Waals surface area contributed by atoms with E-state index in [4.69, 9.17) is 0 Å². The third kappa shape index (κ3) is 4.88. The van der Waals surface area contributed by atoms with Crippen molar-refractivity contribution in [1.82, 2.24) is 5.32 Å². The maximum atomic E-state index is 4.23. The lowest BCUT2D eigenvalue weighted by molar-refractivity contribution is 0.748. The van der Waals surface area contributed by atoms with Crippen LogP contribution in [0.1, 0.15) is 13.3 Å². The Labute approximate surface area is 145 Å². The first-order valence-electron chi connectivity index (χ1n) is 8.28. The van der Waals surface area contributed by atoms with Gasteiger partial charge in [-0.2, -0.15) is 0 Å². The molecule has 0 saturated heterocycles. The van der Waals surface area contributed by atoms with Gasteiger partial charge in [0.25, 0.3) is 0 Å². The van der Waals surface area contributed by atoms with Crippen molar-refractivity contribution in [3.05, 3.63) is 97.7 Å². The fourth-order valence-corrected chi connectivity index (χ4v) is 2.64. The van der Waals surface area contributed by atoms with Crippen LogP contribution in [0.5, 0.6) is 0 Å². The van der Waals surface area contributed by atoms with Crippen molar-refractivity contribution in [2.24, 2.45) is 0 Å². The minimum Gasteiger partial charge on any atom is -0.388 e. The van der Waals surface area contributed by atoms with Crippen LogP contribution in [0.25, 0.3) is 0 Å². The quantitative estimate of drug-likeness (QED) is 0.488. The zero-order valence-electron chi connectivity index (χ0n) is 14.4. The van der Waals surface area contributed by atoms with Gasteiger partial charge in [0.2, 0.25) is 0 Å². The molecule has 124 valence electrons. The van der Waals surface area contributed by atoms with Gasteiger partial charge in [-0.05, 0) is 43.8 Å². The molecule has 0 aromatic heterocycles. The first-order chi connectivity index (χ1) is 11.7. The number of rotatable bonds is 9. The zero-order valence-corrected chi connectivity index (χ0v) is 14.4. The Morgan fingerprint density at radius 1 is 1.04 bits per heavy atom. The SMILES string of the molecule is C=CCN/C=C/CC(C(=C)C)N(c1ccccc1)c1ccccc1. The third-order valence-corrected chi connectivity index (χ3v) is 3.81. The predicted molar refractivity (Wildman–Crippen MR) is 106 cm³/mol. The highest BCUT2D eigenvalue weighted by atomic mass is 15.2. The van der Waals surface area contributed by atoms with Gasteiger partial charge in [-0.15, -0.1) is 6.58 Å². The Bertz CT molecular complexity index is 619. The summed E-state index contributed by atoms with van der Waals surface area (Å²) in [5, 5.41) is 3.20. The number of para-hydroxylation sites is 2. The summed E-state index contributed by atoms with van der Waals surface area (Å²) in [6.07, 6.45) is 6.87. The topological polar surface area (TPSA) is 15.3 Å². The Kier molecular flexibility index (Phi) is 6.91. The van der Waals surface area contributed by atoms with Crippen molar-refractivity contribution in [3.63, 3.8) is 0 Å². The Balaban J connectivity index is 2.30. The summed E-state index contributed by atoms with van der Waals surface area (Å²) in [5.74, 6) is 0. The van der Waals surface area contributed by atoms with Gasteiger partial charge in [0, 0.05) is 17.9 Å². The largest absolute Gasteiger partial charge is 0.388 e. The monoisotopic (exact) mass is 318 g/mol. The van der Waals surface area contributed by atoms with Gasteiger partial charge in [-0.1, -0.05) is 60.7 Å². The standard InChI is InChI=1S/C22H26N2/c1-4-17-23-18-11-16-22(19(2)3)24(20-12-7-5-8-13-20)21-14-9-6-10-15-21/h4-15,18,22-23H,1-2,16-17H2,3H3/b18-11+. The lowest BCUT2D eigenvalue weighted by Crippen LogP contribution is -2.31. The van der Waals surface area contributed by atoms with Crippen LogP contribution < -0.4 is 10.2 Å².